The molecule has 118 valence electrons. The van der Waals surface area contributed by atoms with Gasteiger partial charge in [0.1, 0.15) is 5.69 Å². The second-order valence-corrected chi connectivity index (χ2v) is 4.65. The van der Waals surface area contributed by atoms with Crippen LogP contribution < -0.4 is 4.74 Å². The number of ether oxygens (including phenoxy) is 1. The summed E-state index contributed by atoms with van der Waals surface area (Å²) in [5.41, 5.74) is 0.990. The number of rotatable bonds is 3. The van der Waals surface area contributed by atoms with Crippen LogP contribution in [0, 0.1) is 0 Å². The molecule has 3 rings (SSSR count). The van der Waals surface area contributed by atoms with Gasteiger partial charge in [-0.1, -0.05) is 30.3 Å². The monoisotopic (exact) mass is 320 g/mol. The van der Waals surface area contributed by atoms with Gasteiger partial charge in [0.05, 0.1) is 7.11 Å². The van der Waals surface area contributed by atoms with Gasteiger partial charge in [0, 0.05) is 23.4 Å². The van der Waals surface area contributed by atoms with Crippen LogP contribution in [-0.4, -0.2) is 17.1 Å². The number of pyridine rings is 1. The third-order valence-electron chi connectivity index (χ3n) is 3.12. The van der Waals surface area contributed by atoms with Crippen LogP contribution >= 0.6 is 0 Å². The van der Waals surface area contributed by atoms with Crippen LogP contribution in [0.2, 0.25) is 0 Å². The quantitative estimate of drug-likeness (QED) is 0.716. The first-order valence-electron chi connectivity index (χ1n) is 6.63. The van der Waals surface area contributed by atoms with Crippen molar-refractivity contribution in [2.24, 2.45) is 0 Å². The number of halogens is 3. The molecule has 0 unspecified atom stereocenters. The standard InChI is InChI=1S/C16H11F3N2O2/c1-22-12-8-7-11(9-20-12)13-14(10-5-3-2-4-6-10)23-15(21-13)16(17,18)19/h2-9H,1H3. The number of oxazole rings is 1. The minimum atomic E-state index is -4.67. The Morgan fingerprint density at radius 1 is 1.00 bits per heavy atom. The second-order valence-electron chi connectivity index (χ2n) is 4.65. The van der Waals surface area contributed by atoms with E-state index in [0.717, 1.165) is 0 Å². The molecule has 2 heterocycles. The van der Waals surface area contributed by atoms with Crippen molar-refractivity contribution in [1.82, 2.24) is 9.97 Å². The highest BCUT2D eigenvalue weighted by atomic mass is 19.4. The molecule has 0 fully saturated rings. The van der Waals surface area contributed by atoms with Gasteiger partial charge in [0.25, 0.3) is 0 Å². The molecule has 0 aliphatic carbocycles. The van der Waals surface area contributed by atoms with Crippen molar-refractivity contribution in [2.45, 2.75) is 6.18 Å². The number of nitrogens with zero attached hydrogens (tertiary/aromatic N) is 2. The largest absolute Gasteiger partial charge is 0.481 e. The summed E-state index contributed by atoms with van der Waals surface area (Å²) in [7, 11) is 1.45. The van der Waals surface area contributed by atoms with Crippen LogP contribution in [-0.2, 0) is 6.18 Å². The Balaban J connectivity index is 2.15. The molecule has 0 aliphatic heterocycles. The molecule has 1 aromatic carbocycles. The van der Waals surface area contributed by atoms with E-state index >= 15 is 0 Å². The lowest BCUT2D eigenvalue weighted by Gasteiger charge is -2.02. The maximum absolute atomic E-state index is 12.9. The highest BCUT2D eigenvalue weighted by Gasteiger charge is 2.39. The van der Waals surface area contributed by atoms with Crippen molar-refractivity contribution in [3.8, 4) is 28.5 Å². The third kappa shape index (κ3) is 3.03. The molecule has 2 aromatic heterocycles. The van der Waals surface area contributed by atoms with Crippen LogP contribution in [0.3, 0.4) is 0 Å². The van der Waals surface area contributed by atoms with Gasteiger partial charge < -0.3 is 9.15 Å². The van der Waals surface area contributed by atoms with Gasteiger partial charge in [-0.3, -0.25) is 0 Å². The molecule has 0 radical (unpaired) electrons. The fraction of sp³-hybridized carbons (Fsp3) is 0.125. The maximum atomic E-state index is 12.9. The van der Waals surface area contributed by atoms with Gasteiger partial charge in [0.15, 0.2) is 5.76 Å². The van der Waals surface area contributed by atoms with Crippen molar-refractivity contribution in [1.29, 1.82) is 0 Å². The summed E-state index contributed by atoms with van der Waals surface area (Å²) in [6.45, 7) is 0. The maximum Gasteiger partial charge on any atom is 0.468 e. The number of hydrogen-bond donors (Lipinski definition) is 0. The number of aromatic nitrogens is 2. The van der Waals surface area contributed by atoms with E-state index in [1.165, 1.54) is 13.3 Å². The predicted octanol–water partition coefficient (Wildman–Crippen LogP) is 4.43. The van der Waals surface area contributed by atoms with E-state index in [9.17, 15) is 13.2 Å². The molecular formula is C16H11F3N2O2. The summed E-state index contributed by atoms with van der Waals surface area (Å²) in [6, 6.07) is 11.6. The van der Waals surface area contributed by atoms with Crippen LogP contribution in [0.1, 0.15) is 5.89 Å². The Labute approximate surface area is 129 Å². The van der Waals surface area contributed by atoms with Gasteiger partial charge >= 0.3 is 12.1 Å². The summed E-state index contributed by atoms with van der Waals surface area (Å²) >= 11 is 0. The summed E-state index contributed by atoms with van der Waals surface area (Å²) in [6.07, 6.45) is -3.27. The van der Waals surface area contributed by atoms with Crippen molar-refractivity contribution in [3.05, 3.63) is 54.6 Å². The molecule has 7 heteroatoms. The zero-order valence-electron chi connectivity index (χ0n) is 12.0. The van der Waals surface area contributed by atoms with E-state index < -0.39 is 12.1 Å². The summed E-state index contributed by atoms with van der Waals surface area (Å²) in [5, 5.41) is 0. The smallest absolute Gasteiger partial charge is 0.468 e. The minimum absolute atomic E-state index is 0.0462. The van der Waals surface area contributed by atoms with Gasteiger partial charge in [0.2, 0.25) is 5.88 Å². The van der Waals surface area contributed by atoms with E-state index in [2.05, 4.69) is 9.97 Å². The first kappa shape index (κ1) is 15.1. The highest BCUT2D eigenvalue weighted by molar-refractivity contribution is 5.76. The average molecular weight is 320 g/mol. The zero-order chi connectivity index (χ0) is 16.4. The molecule has 0 spiro atoms. The summed E-state index contributed by atoms with van der Waals surface area (Å²) < 4.78 is 48.7. The van der Waals surface area contributed by atoms with Gasteiger partial charge in [-0.05, 0) is 6.07 Å². The topological polar surface area (TPSA) is 48.2 Å². The first-order valence-corrected chi connectivity index (χ1v) is 6.63. The normalized spacial score (nSPS) is 11.5. The molecule has 0 saturated carbocycles. The first-order chi connectivity index (χ1) is 11.0. The fourth-order valence-corrected chi connectivity index (χ4v) is 2.06. The molecule has 0 bridgehead atoms. The lowest BCUT2D eigenvalue weighted by molar-refractivity contribution is -0.156. The van der Waals surface area contributed by atoms with E-state index in [1.807, 2.05) is 0 Å². The molecule has 3 aromatic rings. The molecule has 4 nitrogen and oxygen atoms in total. The Morgan fingerprint density at radius 3 is 2.30 bits per heavy atom. The lowest BCUT2D eigenvalue weighted by Crippen LogP contribution is -2.04. The Bertz CT molecular complexity index is 796. The fourth-order valence-electron chi connectivity index (χ4n) is 2.06. The van der Waals surface area contributed by atoms with E-state index in [1.54, 1.807) is 42.5 Å². The molecular weight excluding hydrogens is 309 g/mol. The number of hydrogen-bond acceptors (Lipinski definition) is 4. The third-order valence-corrected chi connectivity index (χ3v) is 3.12. The SMILES string of the molecule is COc1ccc(-c2nc(C(F)(F)F)oc2-c2ccccc2)cn1. The van der Waals surface area contributed by atoms with Crippen LogP contribution in [0.4, 0.5) is 13.2 Å². The number of benzene rings is 1. The van der Waals surface area contributed by atoms with Crippen molar-refractivity contribution < 1.29 is 22.3 Å². The molecule has 0 amide bonds. The number of methoxy groups -OCH3 is 1. The van der Waals surface area contributed by atoms with E-state index in [4.69, 9.17) is 9.15 Å². The number of alkyl halides is 3. The van der Waals surface area contributed by atoms with Crippen LogP contribution in [0.25, 0.3) is 22.6 Å². The molecule has 0 saturated heterocycles. The Hall–Kier alpha value is -2.83. The van der Waals surface area contributed by atoms with Crippen molar-refractivity contribution in [2.75, 3.05) is 7.11 Å². The molecule has 0 aliphatic rings. The lowest BCUT2D eigenvalue weighted by atomic mass is 10.1. The van der Waals surface area contributed by atoms with E-state index in [-0.39, 0.29) is 11.5 Å². The molecule has 0 atom stereocenters. The van der Waals surface area contributed by atoms with Crippen LogP contribution in [0.5, 0.6) is 5.88 Å². The Kier molecular flexibility index (Phi) is 3.77. The molecule has 23 heavy (non-hydrogen) atoms. The second kappa shape index (κ2) is 5.75. The molecule has 0 N–H and O–H groups in total. The minimum Gasteiger partial charge on any atom is -0.481 e. The van der Waals surface area contributed by atoms with Gasteiger partial charge in [-0.25, -0.2) is 9.97 Å². The van der Waals surface area contributed by atoms with Crippen LogP contribution in [0.15, 0.2) is 53.1 Å². The predicted molar refractivity (Wildman–Crippen MR) is 76.7 cm³/mol. The average Bonchev–Trinajstić information content (AvgIpc) is 3.01. The zero-order valence-corrected chi connectivity index (χ0v) is 12.0. The van der Waals surface area contributed by atoms with E-state index in [0.29, 0.717) is 17.0 Å². The summed E-state index contributed by atoms with van der Waals surface area (Å²) in [4.78, 5) is 7.61. The highest BCUT2D eigenvalue weighted by Crippen LogP contribution is 2.38. The van der Waals surface area contributed by atoms with Crippen molar-refractivity contribution in [3.63, 3.8) is 0 Å². The van der Waals surface area contributed by atoms with Gasteiger partial charge in [-0.15, -0.1) is 0 Å². The Morgan fingerprint density at radius 2 is 1.74 bits per heavy atom. The summed E-state index contributed by atoms with van der Waals surface area (Å²) in [5.74, 6) is -0.887. The van der Waals surface area contributed by atoms with Gasteiger partial charge in [-0.2, -0.15) is 13.2 Å². The van der Waals surface area contributed by atoms with Crippen molar-refractivity contribution >= 4 is 0 Å².